The summed E-state index contributed by atoms with van der Waals surface area (Å²) in [6, 6.07) is 2.07. The highest BCUT2D eigenvalue weighted by Crippen LogP contribution is 2.27. The van der Waals surface area contributed by atoms with Crippen molar-refractivity contribution in [2.75, 3.05) is 13.6 Å². The van der Waals surface area contributed by atoms with E-state index in [0.717, 1.165) is 18.9 Å². The SMILES string of the molecule is CCC(C#N)C(=O)N(C)CCC1CCCC1. The predicted molar refractivity (Wildman–Crippen MR) is 63.6 cm³/mol. The molecule has 1 aliphatic rings. The van der Waals surface area contributed by atoms with Crippen molar-refractivity contribution >= 4 is 5.91 Å². The van der Waals surface area contributed by atoms with Crippen LogP contribution in [0.1, 0.15) is 45.4 Å². The normalized spacial score (nSPS) is 18.1. The van der Waals surface area contributed by atoms with Crippen LogP contribution in [0.15, 0.2) is 0 Å². The summed E-state index contributed by atoms with van der Waals surface area (Å²) in [7, 11) is 1.82. The van der Waals surface area contributed by atoms with Crippen molar-refractivity contribution < 1.29 is 4.79 Å². The van der Waals surface area contributed by atoms with Gasteiger partial charge in [-0.3, -0.25) is 4.79 Å². The molecule has 1 aliphatic carbocycles. The fraction of sp³-hybridized carbons (Fsp3) is 0.846. The minimum atomic E-state index is -0.450. The maximum absolute atomic E-state index is 11.8. The molecule has 1 amide bonds. The molecule has 16 heavy (non-hydrogen) atoms. The lowest BCUT2D eigenvalue weighted by atomic mass is 10.0. The van der Waals surface area contributed by atoms with Crippen LogP contribution in [-0.4, -0.2) is 24.4 Å². The minimum absolute atomic E-state index is 0.0111. The van der Waals surface area contributed by atoms with E-state index in [-0.39, 0.29) is 5.91 Å². The van der Waals surface area contributed by atoms with E-state index in [9.17, 15) is 4.79 Å². The Morgan fingerprint density at radius 2 is 2.12 bits per heavy atom. The standard InChI is InChI=1S/C13H22N2O/c1-3-12(10-14)13(16)15(2)9-8-11-6-4-5-7-11/h11-12H,3-9H2,1-2H3. The Labute approximate surface area is 98.4 Å². The zero-order valence-electron chi connectivity index (χ0n) is 10.4. The first kappa shape index (κ1) is 13.0. The van der Waals surface area contributed by atoms with Crippen LogP contribution in [0.25, 0.3) is 0 Å². The molecule has 0 aromatic rings. The van der Waals surface area contributed by atoms with Gasteiger partial charge in [-0.1, -0.05) is 32.6 Å². The van der Waals surface area contributed by atoms with Gasteiger partial charge in [-0.15, -0.1) is 0 Å². The molecule has 0 bridgehead atoms. The second-order valence-electron chi connectivity index (χ2n) is 4.79. The summed E-state index contributed by atoms with van der Waals surface area (Å²) in [6.07, 6.45) is 7.04. The van der Waals surface area contributed by atoms with Crippen LogP contribution in [0.2, 0.25) is 0 Å². The van der Waals surface area contributed by atoms with Gasteiger partial charge in [0.15, 0.2) is 0 Å². The third-order valence-electron chi connectivity index (χ3n) is 3.59. The van der Waals surface area contributed by atoms with E-state index >= 15 is 0 Å². The molecule has 0 saturated heterocycles. The largest absolute Gasteiger partial charge is 0.345 e. The molecule has 0 aromatic heterocycles. The summed E-state index contributed by atoms with van der Waals surface area (Å²) in [4.78, 5) is 13.5. The highest BCUT2D eigenvalue weighted by atomic mass is 16.2. The number of carbonyl (C=O) groups is 1. The minimum Gasteiger partial charge on any atom is -0.345 e. The van der Waals surface area contributed by atoms with Gasteiger partial charge in [-0.25, -0.2) is 0 Å². The van der Waals surface area contributed by atoms with E-state index in [1.807, 2.05) is 14.0 Å². The van der Waals surface area contributed by atoms with Gasteiger partial charge in [0.05, 0.1) is 6.07 Å². The van der Waals surface area contributed by atoms with Crippen molar-refractivity contribution in [2.24, 2.45) is 11.8 Å². The van der Waals surface area contributed by atoms with Gasteiger partial charge in [0.25, 0.3) is 0 Å². The Morgan fingerprint density at radius 1 is 1.50 bits per heavy atom. The molecule has 1 saturated carbocycles. The number of carbonyl (C=O) groups excluding carboxylic acids is 1. The molecule has 3 heteroatoms. The average Bonchev–Trinajstić information content (AvgIpc) is 2.80. The van der Waals surface area contributed by atoms with Crippen molar-refractivity contribution in [3.63, 3.8) is 0 Å². The molecule has 0 radical (unpaired) electrons. The van der Waals surface area contributed by atoms with Crippen molar-refractivity contribution in [1.29, 1.82) is 5.26 Å². The number of hydrogen-bond donors (Lipinski definition) is 0. The first-order valence-corrected chi connectivity index (χ1v) is 6.33. The fourth-order valence-electron chi connectivity index (χ4n) is 2.37. The molecule has 0 heterocycles. The lowest BCUT2D eigenvalue weighted by Gasteiger charge is -2.21. The number of nitriles is 1. The highest BCUT2D eigenvalue weighted by molar-refractivity contribution is 5.80. The van der Waals surface area contributed by atoms with Crippen LogP contribution < -0.4 is 0 Å². The fourth-order valence-corrected chi connectivity index (χ4v) is 2.37. The zero-order valence-corrected chi connectivity index (χ0v) is 10.4. The average molecular weight is 222 g/mol. The quantitative estimate of drug-likeness (QED) is 0.717. The number of hydrogen-bond acceptors (Lipinski definition) is 2. The summed E-state index contributed by atoms with van der Waals surface area (Å²) in [5.74, 6) is 0.342. The molecule has 1 atom stereocenters. The molecular weight excluding hydrogens is 200 g/mol. The molecule has 90 valence electrons. The second kappa shape index (κ2) is 6.52. The van der Waals surface area contributed by atoms with Crippen LogP contribution in [0.5, 0.6) is 0 Å². The maximum Gasteiger partial charge on any atom is 0.239 e. The monoisotopic (exact) mass is 222 g/mol. The van der Waals surface area contributed by atoms with E-state index in [4.69, 9.17) is 5.26 Å². The van der Waals surface area contributed by atoms with Crippen molar-refractivity contribution in [1.82, 2.24) is 4.90 Å². The molecule has 1 unspecified atom stereocenters. The van der Waals surface area contributed by atoms with Crippen LogP contribution in [0.3, 0.4) is 0 Å². The number of nitrogens with zero attached hydrogens (tertiary/aromatic N) is 2. The van der Waals surface area contributed by atoms with Crippen LogP contribution >= 0.6 is 0 Å². The molecule has 0 aliphatic heterocycles. The topological polar surface area (TPSA) is 44.1 Å². The molecule has 0 aromatic carbocycles. The lowest BCUT2D eigenvalue weighted by molar-refractivity contribution is -0.132. The Balaban J connectivity index is 2.30. The van der Waals surface area contributed by atoms with Gasteiger partial charge in [0.1, 0.15) is 5.92 Å². The first-order valence-electron chi connectivity index (χ1n) is 6.33. The second-order valence-corrected chi connectivity index (χ2v) is 4.79. The zero-order chi connectivity index (χ0) is 12.0. The third kappa shape index (κ3) is 3.52. The Bertz CT molecular complexity index is 264. The van der Waals surface area contributed by atoms with E-state index < -0.39 is 5.92 Å². The molecule has 0 N–H and O–H groups in total. The predicted octanol–water partition coefficient (Wildman–Crippen LogP) is 2.57. The van der Waals surface area contributed by atoms with Crippen LogP contribution in [-0.2, 0) is 4.79 Å². The van der Waals surface area contributed by atoms with Crippen LogP contribution in [0, 0.1) is 23.2 Å². The van der Waals surface area contributed by atoms with Gasteiger partial charge in [0.2, 0.25) is 5.91 Å². The van der Waals surface area contributed by atoms with Crippen LogP contribution in [0.4, 0.5) is 0 Å². The third-order valence-corrected chi connectivity index (χ3v) is 3.59. The summed E-state index contributed by atoms with van der Waals surface area (Å²) in [6.45, 7) is 2.69. The summed E-state index contributed by atoms with van der Waals surface area (Å²) in [5.41, 5.74) is 0. The molecular formula is C13H22N2O. The summed E-state index contributed by atoms with van der Waals surface area (Å²) < 4.78 is 0. The van der Waals surface area contributed by atoms with Gasteiger partial charge < -0.3 is 4.90 Å². The Kier molecular flexibility index (Phi) is 5.31. The number of rotatable bonds is 5. The van der Waals surface area contributed by atoms with Gasteiger partial charge in [-0.2, -0.15) is 5.26 Å². The lowest BCUT2D eigenvalue weighted by Crippen LogP contribution is -2.33. The maximum atomic E-state index is 11.8. The Morgan fingerprint density at radius 3 is 2.62 bits per heavy atom. The van der Waals surface area contributed by atoms with Crippen molar-refractivity contribution in [3.8, 4) is 6.07 Å². The van der Waals surface area contributed by atoms with E-state index in [2.05, 4.69) is 6.07 Å². The van der Waals surface area contributed by atoms with E-state index in [1.54, 1.807) is 4.90 Å². The number of amides is 1. The highest BCUT2D eigenvalue weighted by Gasteiger charge is 2.21. The molecule has 3 nitrogen and oxygen atoms in total. The smallest absolute Gasteiger partial charge is 0.239 e. The summed E-state index contributed by atoms with van der Waals surface area (Å²) >= 11 is 0. The van der Waals surface area contributed by atoms with Gasteiger partial charge in [0, 0.05) is 13.6 Å². The Hall–Kier alpha value is -1.04. The van der Waals surface area contributed by atoms with E-state index in [1.165, 1.54) is 25.7 Å². The van der Waals surface area contributed by atoms with E-state index in [0.29, 0.717) is 6.42 Å². The van der Waals surface area contributed by atoms with Gasteiger partial charge in [-0.05, 0) is 18.8 Å². The van der Waals surface area contributed by atoms with Crippen molar-refractivity contribution in [2.45, 2.75) is 45.4 Å². The molecule has 1 rings (SSSR count). The molecule has 1 fully saturated rings. The first-order chi connectivity index (χ1) is 7.69. The van der Waals surface area contributed by atoms with Gasteiger partial charge >= 0.3 is 0 Å². The summed E-state index contributed by atoms with van der Waals surface area (Å²) in [5, 5.41) is 8.83. The van der Waals surface area contributed by atoms with Crippen molar-refractivity contribution in [3.05, 3.63) is 0 Å². The molecule has 0 spiro atoms.